The van der Waals surface area contributed by atoms with Gasteiger partial charge in [-0.1, -0.05) is 13.8 Å². The average Bonchev–Trinajstić information content (AvgIpc) is 2.15. The molecule has 1 amide bonds. The maximum Gasteiger partial charge on any atom is 0.240 e. The van der Waals surface area contributed by atoms with Gasteiger partial charge in [-0.3, -0.25) is 9.78 Å². The normalized spacial score (nSPS) is 12.5. The molecule has 5 nitrogen and oxygen atoms in total. The molecule has 76 valence electrons. The Kier molecular flexibility index (Phi) is 3.39. The number of hydrogen-bond acceptors (Lipinski definition) is 4. The summed E-state index contributed by atoms with van der Waals surface area (Å²) < 4.78 is 0. The molecule has 14 heavy (non-hydrogen) atoms. The third-order valence-corrected chi connectivity index (χ3v) is 1.84. The third kappa shape index (κ3) is 2.69. The standard InChI is InChI=1S/C9H14N4O/c1-6(2)8(9(10)14)13-7-5-11-3-4-12-7/h3-6,8H,1-2H3,(H2,10,14)(H,12,13). The van der Waals surface area contributed by atoms with Crippen molar-refractivity contribution in [1.82, 2.24) is 9.97 Å². The SMILES string of the molecule is CC(C)C(Nc1cnccn1)C(N)=O. The number of rotatable bonds is 4. The maximum absolute atomic E-state index is 11.1. The zero-order valence-corrected chi connectivity index (χ0v) is 8.27. The Labute approximate surface area is 82.7 Å². The number of nitrogens with zero attached hydrogens (tertiary/aromatic N) is 2. The van der Waals surface area contributed by atoms with Crippen molar-refractivity contribution in [2.24, 2.45) is 11.7 Å². The highest BCUT2D eigenvalue weighted by atomic mass is 16.1. The van der Waals surface area contributed by atoms with Crippen LogP contribution in [0.3, 0.4) is 0 Å². The molecule has 1 heterocycles. The summed E-state index contributed by atoms with van der Waals surface area (Å²) in [5.74, 6) is 0.296. The van der Waals surface area contributed by atoms with Crippen LogP contribution < -0.4 is 11.1 Å². The second kappa shape index (κ2) is 4.55. The number of hydrogen-bond donors (Lipinski definition) is 2. The van der Waals surface area contributed by atoms with Gasteiger partial charge in [-0.2, -0.15) is 0 Å². The van der Waals surface area contributed by atoms with Crippen LogP contribution >= 0.6 is 0 Å². The predicted octanol–water partition coefficient (Wildman–Crippen LogP) is 0.398. The van der Waals surface area contributed by atoms with Crippen molar-refractivity contribution < 1.29 is 4.79 Å². The molecule has 1 atom stereocenters. The van der Waals surface area contributed by atoms with E-state index in [-0.39, 0.29) is 11.8 Å². The van der Waals surface area contributed by atoms with Crippen LogP contribution in [0.15, 0.2) is 18.6 Å². The summed E-state index contributed by atoms with van der Waals surface area (Å²) in [6.07, 6.45) is 4.68. The van der Waals surface area contributed by atoms with Crippen molar-refractivity contribution in [3.8, 4) is 0 Å². The third-order valence-electron chi connectivity index (χ3n) is 1.84. The molecule has 0 saturated heterocycles. The molecule has 5 heteroatoms. The first-order valence-electron chi connectivity index (χ1n) is 4.43. The van der Waals surface area contributed by atoms with Gasteiger partial charge in [0, 0.05) is 12.4 Å². The maximum atomic E-state index is 11.1. The van der Waals surface area contributed by atoms with Crippen LogP contribution in [0.4, 0.5) is 5.82 Å². The molecular formula is C9H14N4O. The minimum Gasteiger partial charge on any atom is -0.368 e. The van der Waals surface area contributed by atoms with E-state index in [2.05, 4.69) is 15.3 Å². The van der Waals surface area contributed by atoms with Gasteiger partial charge >= 0.3 is 0 Å². The monoisotopic (exact) mass is 194 g/mol. The second-order valence-corrected chi connectivity index (χ2v) is 3.36. The first-order chi connectivity index (χ1) is 6.61. The predicted molar refractivity (Wildman–Crippen MR) is 53.5 cm³/mol. The minimum absolute atomic E-state index is 0.120. The number of aromatic nitrogens is 2. The van der Waals surface area contributed by atoms with Crippen LogP contribution in [0.25, 0.3) is 0 Å². The van der Waals surface area contributed by atoms with Crippen LogP contribution in [0.5, 0.6) is 0 Å². The summed E-state index contributed by atoms with van der Waals surface area (Å²) in [6.45, 7) is 3.83. The van der Waals surface area contributed by atoms with Crippen LogP contribution in [0.1, 0.15) is 13.8 Å². The Hall–Kier alpha value is -1.65. The van der Waals surface area contributed by atoms with E-state index in [1.807, 2.05) is 13.8 Å². The lowest BCUT2D eigenvalue weighted by atomic mass is 10.0. The quantitative estimate of drug-likeness (QED) is 0.727. The van der Waals surface area contributed by atoms with Gasteiger partial charge in [0.15, 0.2) is 0 Å². The topological polar surface area (TPSA) is 80.9 Å². The lowest BCUT2D eigenvalue weighted by Crippen LogP contribution is -2.39. The van der Waals surface area contributed by atoms with Gasteiger partial charge in [-0.25, -0.2) is 4.98 Å². The number of amides is 1. The molecule has 3 N–H and O–H groups in total. The number of primary amides is 1. The van der Waals surface area contributed by atoms with Crippen molar-refractivity contribution in [3.63, 3.8) is 0 Å². The first kappa shape index (κ1) is 10.4. The highest BCUT2D eigenvalue weighted by Gasteiger charge is 2.19. The molecule has 1 rings (SSSR count). The van der Waals surface area contributed by atoms with Crippen molar-refractivity contribution >= 4 is 11.7 Å². The Balaban J connectivity index is 2.70. The van der Waals surface area contributed by atoms with E-state index in [0.29, 0.717) is 5.82 Å². The first-order valence-corrected chi connectivity index (χ1v) is 4.43. The molecule has 0 aliphatic heterocycles. The zero-order chi connectivity index (χ0) is 10.6. The van der Waals surface area contributed by atoms with Crippen molar-refractivity contribution in [2.45, 2.75) is 19.9 Å². The largest absolute Gasteiger partial charge is 0.368 e. The second-order valence-electron chi connectivity index (χ2n) is 3.36. The molecule has 0 aliphatic rings. The molecule has 0 spiro atoms. The van der Waals surface area contributed by atoms with Gasteiger partial charge in [0.2, 0.25) is 5.91 Å². The smallest absolute Gasteiger partial charge is 0.240 e. The highest BCUT2D eigenvalue weighted by Crippen LogP contribution is 2.08. The fraction of sp³-hybridized carbons (Fsp3) is 0.444. The molecule has 0 saturated carbocycles. The van der Waals surface area contributed by atoms with E-state index in [0.717, 1.165) is 0 Å². The Morgan fingerprint density at radius 2 is 2.21 bits per heavy atom. The minimum atomic E-state index is -0.410. The number of nitrogens with one attached hydrogen (secondary N) is 1. The molecule has 1 aromatic rings. The lowest BCUT2D eigenvalue weighted by Gasteiger charge is -2.18. The molecule has 0 aromatic carbocycles. The van der Waals surface area contributed by atoms with Crippen molar-refractivity contribution in [3.05, 3.63) is 18.6 Å². The summed E-state index contributed by atoms with van der Waals surface area (Å²) in [6, 6.07) is -0.410. The van der Waals surface area contributed by atoms with Crippen LogP contribution in [0, 0.1) is 5.92 Å². The van der Waals surface area contributed by atoms with E-state index in [9.17, 15) is 4.79 Å². The summed E-state index contributed by atoms with van der Waals surface area (Å²) in [7, 11) is 0. The number of anilines is 1. The molecular weight excluding hydrogens is 180 g/mol. The van der Waals surface area contributed by atoms with E-state index >= 15 is 0 Å². The van der Waals surface area contributed by atoms with E-state index < -0.39 is 6.04 Å². The Morgan fingerprint density at radius 3 is 2.64 bits per heavy atom. The molecule has 0 bridgehead atoms. The summed E-state index contributed by atoms with van der Waals surface area (Å²) in [5, 5.41) is 2.93. The van der Waals surface area contributed by atoms with Gasteiger partial charge in [-0.15, -0.1) is 0 Å². The fourth-order valence-corrected chi connectivity index (χ4v) is 1.10. The van der Waals surface area contributed by atoms with Crippen molar-refractivity contribution in [2.75, 3.05) is 5.32 Å². The Morgan fingerprint density at radius 1 is 1.50 bits per heavy atom. The molecule has 0 aliphatic carbocycles. The molecule has 0 fully saturated rings. The average molecular weight is 194 g/mol. The van der Waals surface area contributed by atoms with Crippen LogP contribution in [-0.2, 0) is 4.79 Å². The van der Waals surface area contributed by atoms with Gasteiger partial charge in [-0.05, 0) is 5.92 Å². The molecule has 1 unspecified atom stereocenters. The van der Waals surface area contributed by atoms with E-state index in [4.69, 9.17) is 5.73 Å². The van der Waals surface area contributed by atoms with Gasteiger partial charge in [0.05, 0.1) is 6.20 Å². The fourth-order valence-electron chi connectivity index (χ4n) is 1.10. The van der Waals surface area contributed by atoms with Crippen molar-refractivity contribution in [1.29, 1.82) is 0 Å². The van der Waals surface area contributed by atoms with Gasteiger partial charge in [0.1, 0.15) is 11.9 Å². The van der Waals surface area contributed by atoms with Crippen LogP contribution in [0.2, 0.25) is 0 Å². The number of nitrogens with two attached hydrogens (primary N) is 1. The summed E-state index contributed by atoms with van der Waals surface area (Å²) in [4.78, 5) is 18.9. The Bertz CT molecular complexity index is 299. The summed E-state index contributed by atoms with van der Waals surface area (Å²) in [5.41, 5.74) is 5.24. The molecule has 0 radical (unpaired) electrons. The van der Waals surface area contributed by atoms with E-state index in [1.165, 1.54) is 0 Å². The summed E-state index contributed by atoms with van der Waals surface area (Å²) >= 11 is 0. The van der Waals surface area contributed by atoms with E-state index in [1.54, 1.807) is 18.6 Å². The molecule has 1 aromatic heterocycles. The zero-order valence-electron chi connectivity index (χ0n) is 8.27. The lowest BCUT2D eigenvalue weighted by molar-refractivity contribution is -0.119. The van der Waals surface area contributed by atoms with Gasteiger partial charge < -0.3 is 11.1 Å². The number of carbonyl (C=O) groups excluding carboxylic acids is 1. The highest BCUT2D eigenvalue weighted by molar-refractivity contribution is 5.82. The van der Waals surface area contributed by atoms with Crippen LogP contribution in [-0.4, -0.2) is 21.9 Å². The van der Waals surface area contributed by atoms with Gasteiger partial charge in [0.25, 0.3) is 0 Å². The number of carbonyl (C=O) groups is 1.